The number of carbonyl (C=O) groups is 1. The predicted octanol–water partition coefficient (Wildman–Crippen LogP) is 4.79. The van der Waals surface area contributed by atoms with Crippen LogP contribution >= 0.6 is 0 Å². The standard InChI is InChI=1S/C16H28O2/c1-4-5-6-7-8-9-16(14(17)18)12-10-15(2,3)11-13-16/h4H,1,5-13H2,2-3H3,(H,17,18). The van der Waals surface area contributed by atoms with Gasteiger partial charge in [0.15, 0.2) is 0 Å². The highest BCUT2D eigenvalue weighted by atomic mass is 16.4. The molecular formula is C16H28O2. The molecule has 2 heteroatoms. The molecule has 0 aliphatic heterocycles. The van der Waals surface area contributed by atoms with Crippen molar-refractivity contribution < 1.29 is 9.90 Å². The van der Waals surface area contributed by atoms with E-state index in [0.29, 0.717) is 5.41 Å². The van der Waals surface area contributed by atoms with Crippen LogP contribution in [0.1, 0.15) is 71.6 Å². The highest BCUT2D eigenvalue weighted by Gasteiger charge is 2.43. The lowest BCUT2D eigenvalue weighted by molar-refractivity contribution is -0.153. The summed E-state index contributed by atoms with van der Waals surface area (Å²) in [5.41, 5.74) is -0.0918. The molecule has 1 N–H and O–H groups in total. The van der Waals surface area contributed by atoms with E-state index in [2.05, 4.69) is 20.4 Å². The molecule has 0 aromatic heterocycles. The summed E-state index contributed by atoms with van der Waals surface area (Å²) in [6.07, 6.45) is 11.0. The maximum atomic E-state index is 11.6. The van der Waals surface area contributed by atoms with Crippen molar-refractivity contribution in [2.75, 3.05) is 0 Å². The second kappa shape index (κ2) is 6.40. The summed E-state index contributed by atoms with van der Waals surface area (Å²) in [6, 6.07) is 0. The lowest BCUT2D eigenvalue weighted by Gasteiger charge is -2.41. The van der Waals surface area contributed by atoms with Crippen LogP contribution in [0.5, 0.6) is 0 Å². The van der Waals surface area contributed by atoms with Crippen LogP contribution < -0.4 is 0 Å². The van der Waals surface area contributed by atoms with Crippen LogP contribution in [0.25, 0.3) is 0 Å². The van der Waals surface area contributed by atoms with Crippen LogP contribution in [0.15, 0.2) is 12.7 Å². The molecule has 0 heterocycles. The molecule has 0 saturated heterocycles. The minimum absolute atomic E-state index is 0.335. The summed E-state index contributed by atoms with van der Waals surface area (Å²) in [5.74, 6) is -0.568. The van der Waals surface area contributed by atoms with Gasteiger partial charge in [-0.05, 0) is 50.4 Å². The molecule has 1 saturated carbocycles. The van der Waals surface area contributed by atoms with Gasteiger partial charge in [0.2, 0.25) is 0 Å². The van der Waals surface area contributed by atoms with Crippen molar-refractivity contribution in [3.63, 3.8) is 0 Å². The van der Waals surface area contributed by atoms with Crippen molar-refractivity contribution in [1.29, 1.82) is 0 Å². The van der Waals surface area contributed by atoms with Gasteiger partial charge in [0.05, 0.1) is 5.41 Å². The monoisotopic (exact) mass is 252 g/mol. The van der Waals surface area contributed by atoms with Crippen LogP contribution in [-0.2, 0) is 4.79 Å². The van der Waals surface area contributed by atoms with E-state index in [1.807, 2.05) is 6.08 Å². The van der Waals surface area contributed by atoms with Crippen molar-refractivity contribution >= 4 is 5.97 Å². The third-order valence-corrected chi connectivity index (χ3v) is 4.58. The van der Waals surface area contributed by atoms with Gasteiger partial charge >= 0.3 is 5.97 Å². The lowest BCUT2D eigenvalue weighted by Crippen LogP contribution is -2.37. The van der Waals surface area contributed by atoms with Gasteiger partial charge in [-0.1, -0.05) is 32.8 Å². The molecule has 0 bridgehead atoms. The molecular weight excluding hydrogens is 224 g/mol. The molecule has 1 aliphatic carbocycles. The number of aliphatic carboxylic acids is 1. The molecule has 104 valence electrons. The summed E-state index contributed by atoms with van der Waals surface area (Å²) >= 11 is 0. The van der Waals surface area contributed by atoms with E-state index in [9.17, 15) is 9.90 Å². The molecule has 18 heavy (non-hydrogen) atoms. The minimum Gasteiger partial charge on any atom is -0.481 e. The number of rotatable bonds is 7. The summed E-state index contributed by atoms with van der Waals surface area (Å²) in [6.45, 7) is 8.22. The van der Waals surface area contributed by atoms with Crippen molar-refractivity contribution in [1.82, 2.24) is 0 Å². The van der Waals surface area contributed by atoms with Crippen LogP contribution in [-0.4, -0.2) is 11.1 Å². The van der Waals surface area contributed by atoms with Crippen LogP contribution in [0.3, 0.4) is 0 Å². The van der Waals surface area contributed by atoms with Gasteiger partial charge < -0.3 is 5.11 Å². The van der Waals surface area contributed by atoms with E-state index in [4.69, 9.17) is 0 Å². The SMILES string of the molecule is C=CCCCCCC1(C(=O)O)CCC(C)(C)CC1. The first-order valence-electron chi connectivity index (χ1n) is 7.26. The van der Waals surface area contributed by atoms with Gasteiger partial charge in [0, 0.05) is 0 Å². The fourth-order valence-electron chi connectivity index (χ4n) is 2.90. The summed E-state index contributed by atoms with van der Waals surface area (Å²) < 4.78 is 0. The Bertz CT molecular complexity index is 281. The number of hydrogen-bond donors (Lipinski definition) is 1. The zero-order valence-corrected chi connectivity index (χ0v) is 12.0. The number of allylic oxidation sites excluding steroid dienone is 1. The van der Waals surface area contributed by atoms with E-state index in [1.165, 1.54) is 0 Å². The van der Waals surface area contributed by atoms with E-state index in [1.54, 1.807) is 0 Å². The van der Waals surface area contributed by atoms with Crippen molar-refractivity contribution in [2.24, 2.45) is 10.8 Å². The molecule has 2 nitrogen and oxygen atoms in total. The van der Waals surface area contributed by atoms with Crippen molar-refractivity contribution in [2.45, 2.75) is 71.6 Å². The number of carboxylic acids is 1. The maximum Gasteiger partial charge on any atom is 0.309 e. The van der Waals surface area contributed by atoms with Crippen LogP contribution in [0.4, 0.5) is 0 Å². The largest absolute Gasteiger partial charge is 0.481 e. The second-order valence-corrected chi connectivity index (χ2v) is 6.64. The van der Waals surface area contributed by atoms with Gasteiger partial charge in [0.25, 0.3) is 0 Å². The second-order valence-electron chi connectivity index (χ2n) is 6.64. The molecule has 0 radical (unpaired) electrons. The lowest BCUT2D eigenvalue weighted by atomic mass is 9.63. The highest BCUT2D eigenvalue weighted by molar-refractivity contribution is 5.74. The quantitative estimate of drug-likeness (QED) is 0.522. The summed E-state index contributed by atoms with van der Waals surface area (Å²) in [5, 5.41) is 9.55. The first-order chi connectivity index (χ1) is 8.42. The molecule has 1 aliphatic rings. The van der Waals surface area contributed by atoms with Crippen LogP contribution in [0, 0.1) is 10.8 Å². The number of carboxylic acid groups (broad SMARTS) is 1. The normalized spacial score (nSPS) is 21.4. The average molecular weight is 252 g/mol. The summed E-state index contributed by atoms with van der Waals surface area (Å²) in [4.78, 5) is 11.6. The molecule has 1 fully saturated rings. The maximum absolute atomic E-state index is 11.6. The van der Waals surface area contributed by atoms with Crippen LogP contribution in [0.2, 0.25) is 0 Å². The number of hydrogen-bond acceptors (Lipinski definition) is 1. The topological polar surface area (TPSA) is 37.3 Å². The van der Waals surface area contributed by atoms with E-state index in [-0.39, 0.29) is 0 Å². The molecule has 0 amide bonds. The Morgan fingerprint density at radius 2 is 1.78 bits per heavy atom. The van der Waals surface area contributed by atoms with Gasteiger partial charge in [-0.25, -0.2) is 0 Å². The molecule has 0 aromatic rings. The smallest absolute Gasteiger partial charge is 0.309 e. The predicted molar refractivity (Wildman–Crippen MR) is 75.6 cm³/mol. The first kappa shape index (κ1) is 15.3. The Morgan fingerprint density at radius 1 is 1.17 bits per heavy atom. The van der Waals surface area contributed by atoms with Gasteiger partial charge in [-0.3, -0.25) is 4.79 Å². The molecule has 1 rings (SSSR count). The van der Waals surface area contributed by atoms with E-state index < -0.39 is 11.4 Å². The fraction of sp³-hybridized carbons (Fsp3) is 0.812. The van der Waals surface area contributed by atoms with E-state index in [0.717, 1.165) is 57.8 Å². The van der Waals surface area contributed by atoms with Crippen molar-refractivity contribution in [3.05, 3.63) is 12.7 Å². The Kier molecular flexibility index (Phi) is 5.43. The highest BCUT2D eigenvalue weighted by Crippen LogP contribution is 2.47. The Balaban J connectivity index is 2.45. The number of unbranched alkanes of at least 4 members (excludes halogenated alkanes) is 3. The fourth-order valence-corrected chi connectivity index (χ4v) is 2.90. The first-order valence-corrected chi connectivity index (χ1v) is 7.26. The van der Waals surface area contributed by atoms with Gasteiger partial charge in [-0.15, -0.1) is 6.58 Å². The van der Waals surface area contributed by atoms with Gasteiger partial charge in [0.1, 0.15) is 0 Å². The average Bonchev–Trinajstić information content (AvgIpc) is 2.31. The third-order valence-electron chi connectivity index (χ3n) is 4.58. The molecule has 0 spiro atoms. The van der Waals surface area contributed by atoms with Gasteiger partial charge in [-0.2, -0.15) is 0 Å². The zero-order valence-electron chi connectivity index (χ0n) is 12.0. The molecule has 0 atom stereocenters. The van der Waals surface area contributed by atoms with E-state index >= 15 is 0 Å². The summed E-state index contributed by atoms with van der Waals surface area (Å²) in [7, 11) is 0. The minimum atomic E-state index is -0.568. The van der Waals surface area contributed by atoms with Crippen molar-refractivity contribution in [3.8, 4) is 0 Å². The third kappa shape index (κ3) is 4.15. The Labute approximate surface area is 111 Å². The molecule has 0 aromatic carbocycles. The Morgan fingerprint density at radius 3 is 2.28 bits per heavy atom. The Hall–Kier alpha value is -0.790. The zero-order chi connectivity index (χ0) is 13.6. The molecule has 0 unspecified atom stereocenters.